The molecule has 2 unspecified atom stereocenters. The van der Waals surface area contributed by atoms with Gasteiger partial charge < -0.3 is 14.4 Å². The molecular formula is C11H18N4O2. The summed E-state index contributed by atoms with van der Waals surface area (Å²) in [4.78, 5) is 2.33. The Bertz CT molecular complexity index is 381. The Balaban J connectivity index is 1.60. The number of fused-ring (bicyclic) bond motifs is 1. The second-order valence-corrected chi connectivity index (χ2v) is 4.87. The van der Waals surface area contributed by atoms with Crippen LogP contribution in [0.4, 0.5) is 0 Å². The average Bonchev–Trinajstić information content (AvgIpc) is 2.79. The van der Waals surface area contributed by atoms with E-state index in [0.717, 1.165) is 38.4 Å². The lowest BCUT2D eigenvalue weighted by atomic mass is 9.98. The van der Waals surface area contributed by atoms with Gasteiger partial charge in [0.25, 0.3) is 0 Å². The summed E-state index contributed by atoms with van der Waals surface area (Å²) in [5.74, 6) is 1.25. The largest absolute Gasteiger partial charge is 0.393 e. The molecule has 1 aromatic heterocycles. The van der Waals surface area contributed by atoms with Crippen molar-refractivity contribution in [3.05, 3.63) is 12.2 Å². The number of aromatic nitrogens is 3. The lowest BCUT2D eigenvalue weighted by Gasteiger charge is -2.34. The Labute approximate surface area is 100 Å². The van der Waals surface area contributed by atoms with Crippen LogP contribution < -0.4 is 0 Å². The number of aliphatic hydroxyl groups excluding tert-OH is 1. The van der Waals surface area contributed by atoms with Crippen LogP contribution in [-0.2, 0) is 17.8 Å². The predicted molar refractivity (Wildman–Crippen MR) is 60.2 cm³/mol. The maximum absolute atomic E-state index is 9.92. The molecule has 0 aliphatic carbocycles. The molecule has 6 heteroatoms. The van der Waals surface area contributed by atoms with E-state index in [1.54, 1.807) is 6.33 Å². The van der Waals surface area contributed by atoms with Gasteiger partial charge in [0.2, 0.25) is 0 Å². The minimum atomic E-state index is -0.219. The minimum Gasteiger partial charge on any atom is -0.393 e. The molecule has 2 atom stereocenters. The van der Waals surface area contributed by atoms with Crippen molar-refractivity contribution in [2.75, 3.05) is 26.3 Å². The van der Waals surface area contributed by atoms with Crippen LogP contribution in [-0.4, -0.2) is 57.2 Å². The number of hydrogen-bond donors (Lipinski definition) is 1. The molecule has 1 N–H and O–H groups in total. The van der Waals surface area contributed by atoms with E-state index < -0.39 is 0 Å². The van der Waals surface area contributed by atoms with Crippen molar-refractivity contribution in [1.29, 1.82) is 0 Å². The first-order valence-electron chi connectivity index (χ1n) is 6.18. The van der Waals surface area contributed by atoms with E-state index in [2.05, 4.69) is 19.7 Å². The first-order valence-corrected chi connectivity index (χ1v) is 6.18. The number of nitrogens with zero attached hydrogens (tertiary/aromatic N) is 4. The highest BCUT2D eigenvalue weighted by atomic mass is 16.5. The zero-order valence-electron chi connectivity index (χ0n) is 9.83. The number of hydrogen-bond acceptors (Lipinski definition) is 5. The van der Waals surface area contributed by atoms with Crippen molar-refractivity contribution in [2.24, 2.45) is 5.92 Å². The van der Waals surface area contributed by atoms with Crippen LogP contribution in [0.3, 0.4) is 0 Å². The van der Waals surface area contributed by atoms with Crippen molar-refractivity contribution in [2.45, 2.75) is 25.6 Å². The first-order chi connectivity index (χ1) is 8.33. The third kappa shape index (κ3) is 2.34. The maximum Gasteiger partial charge on any atom is 0.147 e. The number of ether oxygens (including phenoxy) is 1. The fourth-order valence-electron chi connectivity index (χ4n) is 2.56. The monoisotopic (exact) mass is 238 g/mol. The van der Waals surface area contributed by atoms with Crippen LogP contribution in [0.5, 0.6) is 0 Å². The lowest BCUT2D eigenvalue weighted by molar-refractivity contribution is -0.0489. The molecule has 2 aliphatic heterocycles. The summed E-state index contributed by atoms with van der Waals surface area (Å²) in [5, 5.41) is 17.9. The second kappa shape index (κ2) is 4.72. The third-order valence-electron chi connectivity index (χ3n) is 3.64. The Morgan fingerprint density at radius 3 is 3.29 bits per heavy atom. The second-order valence-electron chi connectivity index (χ2n) is 4.87. The molecule has 1 aromatic rings. The maximum atomic E-state index is 9.92. The van der Waals surface area contributed by atoms with Crippen LogP contribution >= 0.6 is 0 Å². The van der Waals surface area contributed by atoms with Gasteiger partial charge in [-0.3, -0.25) is 4.90 Å². The summed E-state index contributed by atoms with van der Waals surface area (Å²) < 4.78 is 7.52. The summed E-state index contributed by atoms with van der Waals surface area (Å²) >= 11 is 0. The van der Waals surface area contributed by atoms with E-state index >= 15 is 0 Å². The average molecular weight is 238 g/mol. The zero-order valence-corrected chi connectivity index (χ0v) is 9.83. The van der Waals surface area contributed by atoms with Gasteiger partial charge in [-0.05, 0) is 6.42 Å². The minimum absolute atomic E-state index is 0.219. The van der Waals surface area contributed by atoms with E-state index in [4.69, 9.17) is 4.74 Å². The first kappa shape index (κ1) is 11.1. The van der Waals surface area contributed by atoms with Gasteiger partial charge in [-0.2, -0.15) is 0 Å². The molecule has 0 amide bonds. The normalized spacial score (nSPS) is 30.2. The lowest BCUT2D eigenvalue weighted by Crippen LogP contribution is -2.43. The summed E-state index contributed by atoms with van der Waals surface area (Å²) in [6.45, 7) is 4.99. The van der Waals surface area contributed by atoms with Crippen molar-refractivity contribution in [3.8, 4) is 0 Å². The van der Waals surface area contributed by atoms with Crippen molar-refractivity contribution < 1.29 is 9.84 Å². The summed E-state index contributed by atoms with van der Waals surface area (Å²) in [5.41, 5.74) is 0. The Hall–Kier alpha value is -0.980. The van der Waals surface area contributed by atoms with Gasteiger partial charge in [-0.1, -0.05) is 0 Å². The highest BCUT2D eigenvalue weighted by Crippen LogP contribution is 2.18. The van der Waals surface area contributed by atoms with Crippen molar-refractivity contribution >= 4 is 0 Å². The third-order valence-corrected chi connectivity index (χ3v) is 3.64. The molecule has 3 rings (SSSR count). The molecule has 6 nitrogen and oxygen atoms in total. The van der Waals surface area contributed by atoms with Gasteiger partial charge in [-0.25, -0.2) is 0 Å². The van der Waals surface area contributed by atoms with Gasteiger partial charge in [-0.15, -0.1) is 10.2 Å². The molecule has 0 radical (unpaired) electrons. The van der Waals surface area contributed by atoms with Crippen LogP contribution in [0.25, 0.3) is 0 Å². The van der Waals surface area contributed by atoms with Crippen LogP contribution in [0.15, 0.2) is 6.33 Å². The molecule has 0 saturated carbocycles. The van der Waals surface area contributed by atoms with Crippen molar-refractivity contribution in [3.63, 3.8) is 0 Å². The van der Waals surface area contributed by atoms with Gasteiger partial charge >= 0.3 is 0 Å². The molecular weight excluding hydrogens is 220 g/mol. The van der Waals surface area contributed by atoms with E-state index in [0.29, 0.717) is 13.2 Å². The molecule has 2 aliphatic rings. The molecule has 1 fully saturated rings. The molecule has 0 bridgehead atoms. The summed E-state index contributed by atoms with van der Waals surface area (Å²) in [6.07, 6.45) is 2.32. The SMILES string of the molecule is OC1CCOCC1CN1CCn2cnnc2C1. The quantitative estimate of drug-likeness (QED) is 0.752. The Morgan fingerprint density at radius 1 is 1.47 bits per heavy atom. The van der Waals surface area contributed by atoms with Gasteiger partial charge in [0, 0.05) is 32.2 Å². The van der Waals surface area contributed by atoms with E-state index in [1.165, 1.54) is 0 Å². The predicted octanol–water partition coefficient (Wildman–Crippen LogP) is -0.509. The number of rotatable bonds is 2. The zero-order chi connectivity index (χ0) is 11.7. The van der Waals surface area contributed by atoms with Crippen molar-refractivity contribution in [1.82, 2.24) is 19.7 Å². The van der Waals surface area contributed by atoms with Crippen LogP contribution in [0, 0.1) is 5.92 Å². The highest BCUT2D eigenvalue weighted by Gasteiger charge is 2.27. The fraction of sp³-hybridized carbons (Fsp3) is 0.818. The van der Waals surface area contributed by atoms with E-state index in [1.807, 2.05) is 0 Å². The van der Waals surface area contributed by atoms with Crippen LogP contribution in [0.2, 0.25) is 0 Å². The standard InChI is InChI=1S/C11H18N4O2/c16-10-1-4-17-7-9(10)5-14-2-3-15-8-12-13-11(15)6-14/h8-10,16H,1-7H2. The smallest absolute Gasteiger partial charge is 0.147 e. The fourth-order valence-corrected chi connectivity index (χ4v) is 2.56. The van der Waals surface area contributed by atoms with E-state index in [-0.39, 0.29) is 12.0 Å². The molecule has 0 aromatic carbocycles. The Kier molecular flexibility index (Phi) is 3.09. The van der Waals surface area contributed by atoms with Crippen LogP contribution in [0.1, 0.15) is 12.2 Å². The van der Waals surface area contributed by atoms with E-state index in [9.17, 15) is 5.11 Å². The number of aliphatic hydroxyl groups is 1. The molecule has 1 saturated heterocycles. The molecule has 3 heterocycles. The molecule has 0 spiro atoms. The summed E-state index contributed by atoms with van der Waals surface area (Å²) in [7, 11) is 0. The highest BCUT2D eigenvalue weighted by molar-refractivity contribution is 4.90. The van der Waals surface area contributed by atoms with Gasteiger partial charge in [0.15, 0.2) is 0 Å². The summed E-state index contributed by atoms with van der Waals surface area (Å²) in [6, 6.07) is 0. The molecule has 94 valence electrons. The van der Waals surface area contributed by atoms with Gasteiger partial charge in [0.1, 0.15) is 12.2 Å². The molecule has 17 heavy (non-hydrogen) atoms. The topological polar surface area (TPSA) is 63.4 Å². The van der Waals surface area contributed by atoms with Gasteiger partial charge in [0.05, 0.1) is 19.3 Å². The Morgan fingerprint density at radius 2 is 2.41 bits per heavy atom.